The molecular weight excluding hydrogens is 220 g/mol. The van der Waals surface area contributed by atoms with E-state index in [0.29, 0.717) is 11.1 Å². The highest BCUT2D eigenvalue weighted by Crippen LogP contribution is 2.41. The van der Waals surface area contributed by atoms with Gasteiger partial charge in [-0.3, -0.25) is 4.90 Å². The Morgan fingerprint density at radius 1 is 1.17 bits per heavy atom. The smallest absolute Gasteiger partial charge is 0.0335 e. The summed E-state index contributed by atoms with van der Waals surface area (Å²) in [5.41, 5.74) is 0.891. The monoisotopic (exact) mass is 250 g/mol. The van der Waals surface area contributed by atoms with E-state index < -0.39 is 0 Å². The lowest BCUT2D eigenvalue weighted by Crippen LogP contribution is -2.68. The highest BCUT2D eigenvalue weighted by molar-refractivity contribution is 5.06. The van der Waals surface area contributed by atoms with Gasteiger partial charge < -0.3 is 5.32 Å². The van der Waals surface area contributed by atoms with Crippen LogP contribution in [0.4, 0.5) is 0 Å². The average molecular weight is 250 g/mol. The highest BCUT2D eigenvalue weighted by Gasteiger charge is 2.47. The van der Waals surface area contributed by atoms with E-state index in [9.17, 15) is 0 Å². The SMILES string of the molecule is CCC1(C)CN(CC2CCC2)C2(CCCC2)CN1. The third-order valence-electron chi connectivity index (χ3n) is 6.07. The molecule has 1 saturated heterocycles. The van der Waals surface area contributed by atoms with Crippen LogP contribution in [0.2, 0.25) is 0 Å². The van der Waals surface area contributed by atoms with E-state index in [1.807, 2.05) is 0 Å². The van der Waals surface area contributed by atoms with E-state index >= 15 is 0 Å². The molecular formula is C16H30N2. The predicted molar refractivity (Wildman–Crippen MR) is 76.8 cm³/mol. The Kier molecular flexibility index (Phi) is 3.44. The lowest BCUT2D eigenvalue weighted by atomic mass is 9.80. The Bertz CT molecular complexity index is 291. The van der Waals surface area contributed by atoms with Crippen molar-refractivity contribution >= 4 is 0 Å². The molecule has 1 heterocycles. The van der Waals surface area contributed by atoms with Crippen LogP contribution in [0, 0.1) is 5.92 Å². The van der Waals surface area contributed by atoms with Crippen molar-refractivity contribution in [2.45, 2.75) is 76.3 Å². The van der Waals surface area contributed by atoms with Gasteiger partial charge in [-0.05, 0) is 44.9 Å². The number of piperazine rings is 1. The second kappa shape index (κ2) is 4.79. The van der Waals surface area contributed by atoms with Crippen molar-refractivity contribution in [3.05, 3.63) is 0 Å². The van der Waals surface area contributed by atoms with Gasteiger partial charge in [0.2, 0.25) is 0 Å². The van der Waals surface area contributed by atoms with Gasteiger partial charge >= 0.3 is 0 Å². The summed E-state index contributed by atoms with van der Waals surface area (Å²) in [4.78, 5) is 2.91. The van der Waals surface area contributed by atoms with Crippen LogP contribution in [0.25, 0.3) is 0 Å². The van der Waals surface area contributed by atoms with Crippen LogP contribution in [-0.2, 0) is 0 Å². The fourth-order valence-electron chi connectivity index (χ4n) is 4.14. The van der Waals surface area contributed by atoms with Crippen molar-refractivity contribution < 1.29 is 0 Å². The van der Waals surface area contributed by atoms with Gasteiger partial charge in [0, 0.05) is 30.7 Å². The van der Waals surface area contributed by atoms with Gasteiger partial charge in [0.25, 0.3) is 0 Å². The molecule has 0 bridgehead atoms. The Balaban J connectivity index is 1.73. The third-order valence-corrected chi connectivity index (χ3v) is 6.07. The minimum Gasteiger partial charge on any atom is -0.308 e. The summed E-state index contributed by atoms with van der Waals surface area (Å²) in [6.07, 6.45) is 11.5. The van der Waals surface area contributed by atoms with Crippen LogP contribution >= 0.6 is 0 Å². The molecule has 1 unspecified atom stereocenters. The molecule has 3 aliphatic rings. The van der Waals surface area contributed by atoms with Gasteiger partial charge in [-0.1, -0.05) is 26.2 Å². The molecule has 2 saturated carbocycles. The zero-order valence-corrected chi connectivity index (χ0v) is 12.3. The fourth-order valence-corrected chi connectivity index (χ4v) is 4.14. The second-order valence-corrected chi connectivity index (χ2v) is 7.38. The molecule has 0 aromatic rings. The van der Waals surface area contributed by atoms with Crippen LogP contribution in [0.5, 0.6) is 0 Å². The van der Waals surface area contributed by atoms with E-state index in [-0.39, 0.29) is 0 Å². The topological polar surface area (TPSA) is 15.3 Å². The summed E-state index contributed by atoms with van der Waals surface area (Å²) < 4.78 is 0. The summed E-state index contributed by atoms with van der Waals surface area (Å²) in [7, 11) is 0. The molecule has 0 aromatic heterocycles. The van der Waals surface area contributed by atoms with E-state index in [1.54, 1.807) is 0 Å². The normalized spacial score (nSPS) is 37.0. The van der Waals surface area contributed by atoms with Gasteiger partial charge in [-0.15, -0.1) is 0 Å². The first kappa shape index (κ1) is 12.9. The number of nitrogens with one attached hydrogen (secondary N) is 1. The van der Waals surface area contributed by atoms with Gasteiger partial charge in [-0.2, -0.15) is 0 Å². The first-order chi connectivity index (χ1) is 8.66. The molecule has 0 amide bonds. The van der Waals surface area contributed by atoms with E-state index in [2.05, 4.69) is 24.1 Å². The minimum absolute atomic E-state index is 0.359. The van der Waals surface area contributed by atoms with E-state index in [0.717, 1.165) is 5.92 Å². The van der Waals surface area contributed by atoms with Crippen LogP contribution in [0.3, 0.4) is 0 Å². The summed E-state index contributed by atoms with van der Waals surface area (Å²) in [6, 6.07) is 0. The zero-order valence-electron chi connectivity index (χ0n) is 12.3. The van der Waals surface area contributed by atoms with Crippen molar-refractivity contribution in [1.82, 2.24) is 10.2 Å². The fraction of sp³-hybridized carbons (Fsp3) is 1.00. The summed E-state index contributed by atoms with van der Waals surface area (Å²) in [5, 5.41) is 3.88. The molecule has 2 nitrogen and oxygen atoms in total. The van der Waals surface area contributed by atoms with Crippen LogP contribution in [0.1, 0.15) is 65.2 Å². The Morgan fingerprint density at radius 3 is 2.44 bits per heavy atom. The number of hydrogen-bond donors (Lipinski definition) is 1. The number of hydrogen-bond acceptors (Lipinski definition) is 2. The summed E-state index contributed by atoms with van der Waals surface area (Å²) in [5.74, 6) is 1.02. The molecule has 3 fully saturated rings. The van der Waals surface area contributed by atoms with Crippen LogP contribution in [0.15, 0.2) is 0 Å². The lowest BCUT2D eigenvalue weighted by Gasteiger charge is -2.54. The van der Waals surface area contributed by atoms with E-state index in [1.165, 1.54) is 71.0 Å². The van der Waals surface area contributed by atoms with Crippen LogP contribution in [-0.4, -0.2) is 35.6 Å². The standard InChI is InChI=1S/C16H30N2/c1-3-15(2)13-18(11-14-7-6-8-14)16(12-17-15)9-4-5-10-16/h14,17H,3-13H2,1-2H3. The van der Waals surface area contributed by atoms with E-state index in [4.69, 9.17) is 0 Å². The molecule has 1 N–H and O–H groups in total. The molecule has 3 rings (SSSR count). The molecule has 104 valence electrons. The molecule has 2 heteroatoms. The average Bonchev–Trinajstić information content (AvgIpc) is 2.78. The minimum atomic E-state index is 0.359. The van der Waals surface area contributed by atoms with Crippen molar-refractivity contribution in [1.29, 1.82) is 0 Å². The molecule has 1 atom stereocenters. The maximum atomic E-state index is 3.88. The molecule has 2 aliphatic carbocycles. The molecule has 0 aromatic carbocycles. The van der Waals surface area contributed by atoms with Crippen molar-refractivity contribution in [3.63, 3.8) is 0 Å². The zero-order chi connectivity index (χ0) is 12.6. The number of rotatable bonds is 3. The molecule has 18 heavy (non-hydrogen) atoms. The van der Waals surface area contributed by atoms with Crippen molar-refractivity contribution in [2.24, 2.45) is 5.92 Å². The van der Waals surface area contributed by atoms with Crippen molar-refractivity contribution in [2.75, 3.05) is 19.6 Å². The molecule has 0 radical (unpaired) electrons. The Morgan fingerprint density at radius 2 is 1.89 bits per heavy atom. The third kappa shape index (κ3) is 2.22. The predicted octanol–water partition coefficient (Wildman–Crippen LogP) is 3.17. The molecule has 1 aliphatic heterocycles. The molecule has 1 spiro atoms. The quantitative estimate of drug-likeness (QED) is 0.827. The second-order valence-electron chi connectivity index (χ2n) is 7.38. The maximum Gasteiger partial charge on any atom is 0.0335 e. The Labute approximate surface area is 113 Å². The van der Waals surface area contributed by atoms with Gasteiger partial charge in [0.05, 0.1) is 0 Å². The van der Waals surface area contributed by atoms with Gasteiger partial charge in [0.15, 0.2) is 0 Å². The first-order valence-electron chi connectivity index (χ1n) is 8.16. The first-order valence-corrected chi connectivity index (χ1v) is 8.16. The van der Waals surface area contributed by atoms with Gasteiger partial charge in [0.1, 0.15) is 0 Å². The van der Waals surface area contributed by atoms with Crippen molar-refractivity contribution in [3.8, 4) is 0 Å². The summed E-state index contributed by atoms with van der Waals surface area (Å²) in [6.45, 7) is 8.66. The largest absolute Gasteiger partial charge is 0.308 e. The maximum absolute atomic E-state index is 3.88. The summed E-state index contributed by atoms with van der Waals surface area (Å²) >= 11 is 0. The van der Waals surface area contributed by atoms with Crippen LogP contribution < -0.4 is 5.32 Å². The van der Waals surface area contributed by atoms with Gasteiger partial charge in [-0.25, -0.2) is 0 Å². The Hall–Kier alpha value is -0.0800. The number of nitrogens with zero attached hydrogens (tertiary/aromatic N) is 1. The lowest BCUT2D eigenvalue weighted by molar-refractivity contribution is -0.00825. The highest BCUT2D eigenvalue weighted by atomic mass is 15.3.